The molecule has 0 amide bonds. The van der Waals surface area contributed by atoms with E-state index in [-0.39, 0.29) is 56.4 Å². The summed E-state index contributed by atoms with van der Waals surface area (Å²) in [5.41, 5.74) is 0. The first-order valence-electron chi connectivity index (χ1n) is 0. The Hall–Kier alpha value is 1.04. The molecule has 0 aromatic rings. The van der Waals surface area contributed by atoms with Gasteiger partial charge in [0.15, 0.2) is 0 Å². The van der Waals surface area contributed by atoms with E-state index >= 15 is 0 Å². The largest absolute Gasteiger partial charge is 0.0776 e. The van der Waals surface area contributed by atoms with Gasteiger partial charge < -0.3 is 0 Å². The fraction of sp³-hybridized carbons (Fsp3) is 1.00. The van der Waals surface area contributed by atoms with E-state index in [4.69, 9.17) is 0 Å². The minimum absolute atomic E-state index is 0. The molecule has 0 bridgehead atoms. The molecule has 0 N–H and O–H groups in total. The normalized spacial score (nSPS) is 0. The molecule has 0 saturated carbocycles. The summed E-state index contributed by atoms with van der Waals surface area (Å²) in [5, 5.41) is 0. The Labute approximate surface area is 56.7 Å². The van der Waals surface area contributed by atoms with Crippen LogP contribution >= 0.6 is 0 Å². The maximum absolute atomic E-state index is 0. The molecule has 0 atom stereocenters. The van der Waals surface area contributed by atoms with Crippen LogP contribution < -0.4 is 0 Å². The summed E-state index contributed by atoms with van der Waals surface area (Å²) in [6.45, 7) is 0. The van der Waals surface area contributed by atoms with Gasteiger partial charge in [-0.15, -0.1) is 0 Å². The summed E-state index contributed by atoms with van der Waals surface area (Å²) < 4.78 is 0. The van der Waals surface area contributed by atoms with Gasteiger partial charge in [0.1, 0.15) is 0 Å². The first kappa shape index (κ1) is 142. The van der Waals surface area contributed by atoms with E-state index in [0.29, 0.717) is 0 Å². The molecule has 38 valence electrons. The SMILES string of the molecule is C.C.C.[Mn].[Mn]. The molecular formula is C3H12Mn2. The summed E-state index contributed by atoms with van der Waals surface area (Å²) in [4.78, 5) is 0. The van der Waals surface area contributed by atoms with Crippen LogP contribution in [0.2, 0.25) is 0 Å². The van der Waals surface area contributed by atoms with Crippen molar-refractivity contribution in [2.75, 3.05) is 0 Å². The maximum Gasteiger partial charge on any atom is 0 e. The average Bonchev–Trinajstić information content (AvgIpc) is 0. The molecule has 0 aliphatic carbocycles. The van der Waals surface area contributed by atoms with E-state index in [0.717, 1.165) is 0 Å². The molecule has 0 fully saturated rings. The van der Waals surface area contributed by atoms with Crippen LogP contribution in [-0.4, -0.2) is 0 Å². The van der Waals surface area contributed by atoms with Gasteiger partial charge >= 0.3 is 0 Å². The fourth-order valence-corrected chi connectivity index (χ4v) is 0. The van der Waals surface area contributed by atoms with Crippen LogP contribution in [0, 0.1) is 0 Å². The second kappa shape index (κ2) is 76.2. The molecule has 0 aromatic carbocycles. The Morgan fingerprint density at radius 1 is 0.400 bits per heavy atom. The van der Waals surface area contributed by atoms with Gasteiger partial charge in [-0.3, -0.25) is 0 Å². The van der Waals surface area contributed by atoms with Gasteiger partial charge in [0.2, 0.25) is 0 Å². The number of hydrogen-bond donors (Lipinski definition) is 0. The predicted octanol–water partition coefficient (Wildman–Crippen LogP) is 1.90. The van der Waals surface area contributed by atoms with E-state index in [1.54, 1.807) is 0 Å². The Morgan fingerprint density at radius 2 is 0.400 bits per heavy atom. The van der Waals surface area contributed by atoms with E-state index in [9.17, 15) is 0 Å². The summed E-state index contributed by atoms with van der Waals surface area (Å²) >= 11 is 0. The van der Waals surface area contributed by atoms with Crippen LogP contribution in [0.1, 0.15) is 22.3 Å². The van der Waals surface area contributed by atoms with Crippen molar-refractivity contribution in [1.82, 2.24) is 0 Å². The fourth-order valence-electron chi connectivity index (χ4n) is 0. The molecule has 0 rings (SSSR count). The molecule has 0 spiro atoms. The maximum atomic E-state index is 0. The summed E-state index contributed by atoms with van der Waals surface area (Å²) in [5.74, 6) is 0. The Morgan fingerprint density at radius 3 is 0.400 bits per heavy atom. The third kappa shape index (κ3) is 43.1. The molecule has 0 heterocycles. The third-order valence-corrected chi connectivity index (χ3v) is 0. The molecule has 0 aliphatic rings. The van der Waals surface area contributed by atoms with Crippen molar-refractivity contribution in [3.8, 4) is 0 Å². The smallest absolute Gasteiger partial charge is 0 e. The molecule has 0 nitrogen and oxygen atoms in total. The van der Waals surface area contributed by atoms with Gasteiger partial charge in [-0.05, 0) is 0 Å². The topological polar surface area (TPSA) is 0 Å². The van der Waals surface area contributed by atoms with E-state index in [1.807, 2.05) is 0 Å². The van der Waals surface area contributed by atoms with Crippen molar-refractivity contribution < 1.29 is 34.1 Å². The molecule has 2 radical (unpaired) electrons. The minimum Gasteiger partial charge on any atom is -0.0776 e. The predicted molar refractivity (Wildman–Crippen MR) is 20.2 cm³/mol. The van der Waals surface area contributed by atoms with E-state index in [1.165, 1.54) is 0 Å². The molecule has 0 aromatic heterocycles. The van der Waals surface area contributed by atoms with Gasteiger partial charge in [-0.1, -0.05) is 22.3 Å². The second-order valence-electron chi connectivity index (χ2n) is 0. The van der Waals surface area contributed by atoms with Crippen LogP contribution in [0.3, 0.4) is 0 Å². The first-order chi connectivity index (χ1) is 0. The van der Waals surface area contributed by atoms with Crippen LogP contribution in [0.15, 0.2) is 0 Å². The molecule has 5 heavy (non-hydrogen) atoms. The zero-order chi connectivity index (χ0) is 0. The minimum atomic E-state index is 0. The second-order valence-corrected chi connectivity index (χ2v) is 0. The number of hydrogen-bond acceptors (Lipinski definition) is 0. The van der Waals surface area contributed by atoms with Crippen LogP contribution in [0.4, 0.5) is 0 Å². The molecule has 0 saturated heterocycles. The van der Waals surface area contributed by atoms with Gasteiger partial charge in [0, 0.05) is 34.1 Å². The van der Waals surface area contributed by atoms with Crippen molar-refractivity contribution in [1.29, 1.82) is 0 Å². The van der Waals surface area contributed by atoms with Gasteiger partial charge in [-0.25, -0.2) is 0 Å². The average molecular weight is 158 g/mol. The van der Waals surface area contributed by atoms with Crippen molar-refractivity contribution >= 4 is 0 Å². The van der Waals surface area contributed by atoms with Crippen molar-refractivity contribution in [2.45, 2.75) is 22.3 Å². The van der Waals surface area contributed by atoms with Crippen LogP contribution in [0.25, 0.3) is 0 Å². The van der Waals surface area contributed by atoms with Crippen molar-refractivity contribution in [3.63, 3.8) is 0 Å². The van der Waals surface area contributed by atoms with E-state index < -0.39 is 0 Å². The summed E-state index contributed by atoms with van der Waals surface area (Å²) in [6.07, 6.45) is 0. The van der Waals surface area contributed by atoms with Crippen molar-refractivity contribution in [2.24, 2.45) is 0 Å². The third-order valence-electron chi connectivity index (χ3n) is 0. The first-order valence-corrected chi connectivity index (χ1v) is 0. The van der Waals surface area contributed by atoms with E-state index in [2.05, 4.69) is 0 Å². The quantitative estimate of drug-likeness (QED) is 0.472. The van der Waals surface area contributed by atoms with Gasteiger partial charge in [-0.2, -0.15) is 0 Å². The Balaban J connectivity index is 0. The zero-order valence-corrected chi connectivity index (χ0v) is 3.12. The Kier molecular flexibility index (Phi) is 2160. The van der Waals surface area contributed by atoms with Crippen molar-refractivity contribution in [3.05, 3.63) is 0 Å². The Bertz CT molecular complexity index is 4.85. The standard InChI is InChI=1S/3CH4.2Mn/h3*1H4;;. The number of rotatable bonds is 0. The monoisotopic (exact) mass is 158 g/mol. The zero-order valence-electron chi connectivity index (χ0n) is 0.756. The van der Waals surface area contributed by atoms with Gasteiger partial charge in [0.25, 0.3) is 0 Å². The molecule has 2 heteroatoms. The summed E-state index contributed by atoms with van der Waals surface area (Å²) in [7, 11) is 0. The molecule has 0 unspecified atom stereocenters. The summed E-state index contributed by atoms with van der Waals surface area (Å²) in [6, 6.07) is 0. The molecular weight excluding hydrogens is 146 g/mol. The van der Waals surface area contributed by atoms with Crippen LogP contribution in [-0.2, 0) is 34.1 Å². The molecule has 0 aliphatic heterocycles. The van der Waals surface area contributed by atoms with Gasteiger partial charge in [0.05, 0.1) is 0 Å². The van der Waals surface area contributed by atoms with Crippen LogP contribution in [0.5, 0.6) is 0 Å².